The fourth-order valence-electron chi connectivity index (χ4n) is 1.71. The lowest BCUT2D eigenvalue weighted by Crippen LogP contribution is -2.25. The number of benzene rings is 1. The van der Waals surface area contributed by atoms with Gasteiger partial charge in [0, 0.05) is 6.54 Å². The van der Waals surface area contributed by atoms with E-state index in [1.807, 2.05) is 6.07 Å². The van der Waals surface area contributed by atoms with Gasteiger partial charge in [0.05, 0.1) is 6.61 Å². The Bertz CT molecular complexity index is 341. The molecule has 0 heterocycles. The van der Waals surface area contributed by atoms with Gasteiger partial charge in [-0.3, -0.25) is 4.79 Å². The molecule has 0 aromatic heterocycles. The molecule has 1 atom stereocenters. The number of hydrogen-bond acceptors (Lipinski definition) is 3. The molecular formula is C14H22N2O2. The van der Waals surface area contributed by atoms with Gasteiger partial charge in [0.1, 0.15) is 6.61 Å². The van der Waals surface area contributed by atoms with Crippen molar-refractivity contribution in [2.24, 2.45) is 5.73 Å². The maximum atomic E-state index is 10.4. The highest BCUT2D eigenvalue weighted by Gasteiger charge is 2.03. The molecule has 1 aromatic rings. The predicted octanol–water partition coefficient (Wildman–Crippen LogP) is 1.27. The lowest BCUT2D eigenvalue weighted by Gasteiger charge is -2.12. The standard InChI is InChI=1S/C14H22N2O2/c1-12(13-5-3-2-4-6-13)7-8-16-9-10-18-11-14(15)17/h2-6,12,16H,7-11H2,1H3,(H2,15,17). The fourth-order valence-corrected chi connectivity index (χ4v) is 1.71. The average Bonchev–Trinajstić information content (AvgIpc) is 2.38. The molecule has 0 fully saturated rings. The number of hydrogen-bond donors (Lipinski definition) is 2. The largest absolute Gasteiger partial charge is 0.370 e. The zero-order valence-corrected chi connectivity index (χ0v) is 10.9. The van der Waals surface area contributed by atoms with Crippen LogP contribution < -0.4 is 11.1 Å². The third kappa shape index (κ3) is 6.37. The average molecular weight is 250 g/mol. The monoisotopic (exact) mass is 250 g/mol. The summed E-state index contributed by atoms with van der Waals surface area (Å²) in [5.41, 5.74) is 6.32. The Morgan fingerprint density at radius 1 is 1.33 bits per heavy atom. The topological polar surface area (TPSA) is 64.3 Å². The van der Waals surface area contributed by atoms with Crippen LogP contribution in [0.3, 0.4) is 0 Å². The van der Waals surface area contributed by atoms with Gasteiger partial charge in [-0.2, -0.15) is 0 Å². The Kier molecular flexibility index (Phi) is 7.06. The first-order valence-corrected chi connectivity index (χ1v) is 6.32. The molecule has 3 N–H and O–H groups in total. The second kappa shape index (κ2) is 8.66. The van der Waals surface area contributed by atoms with Gasteiger partial charge in [-0.1, -0.05) is 37.3 Å². The number of carbonyl (C=O) groups is 1. The first-order chi connectivity index (χ1) is 8.70. The van der Waals surface area contributed by atoms with Gasteiger partial charge >= 0.3 is 0 Å². The zero-order valence-electron chi connectivity index (χ0n) is 10.9. The van der Waals surface area contributed by atoms with Gasteiger partial charge in [-0.05, 0) is 24.4 Å². The Morgan fingerprint density at radius 2 is 2.06 bits per heavy atom. The number of amides is 1. The number of carbonyl (C=O) groups excluding carboxylic acids is 1. The summed E-state index contributed by atoms with van der Waals surface area (Å²) < 4.78 is 5.05. The molecule has 0 radical (unpaired) electrons. The van der Waals surface area contributed by atoms with Gasteiger partial charge in [0.15, 0.2) is 0 Å². The molecule has 18 heavy (non-hydrogen) atoms. The molecule has 0 spiro atoms. The quantitative estimate of drug-likeness (QED) is 0.649. The predicted molar refractivity (Wildman–Crippen MR) is 72.4 cm³/mol. The molecule has 1 rings (SSSR count). The highest BCUT2D eigenvalue weighted by atomic mass is 16.5. The van der Waals surface area contributed by atoms with E-state index < -0.39 is 5.91 Å². The van der Waals surface area contributed by atoms with Crippen LogP contribution in [0.25, 0.3) is 0 Å². The van der Waals surface area contributed by atoms with Gasteiger partial charge in [-0.25, -0.2) is 0 Å². The van der Waals surface area contributed by atoms with E-state index in [0.29, 0.717) is 12.5 Å². The normalized spacial score (nSPS) is 12.3. The molecule has 0 bridgehead atoms. The maximum absolute atomic E-state index is 10.4. The molecule has 0 aliphatic rings. The van der Waals surface area contributed by atoms with E-state index in [1.54, 1.807) is 0 Å². The Morgan fingerprint density at radius 3 is 2.72 bits per heavy atom. The van der Waals surface area contributed by atoms with Crippen molar-refractivity contribution in [3.63, 3.8) is 0 Å². The molecule has 1 amide bonds. The summed E-state index contributed by atoms with van der Waals surface area (Å²) in [5.74, 6) is 0.123. The summed E-state index contributed by atoms with van der Waals surface area (Å²) in [6.45, 7) is 4.43. The van der Waals surface area contributed by atoms with Crippen LogP contribution in [0.5, 0.6) is 0 Å². The number of nitrogens with two attached hydrogens (primary N) is 1. The summed E-state index contributed by atoms with van der Waals surface area (Å²) in [5, 5.41) is 3.28. The lowest BCUT2D eigenvalue weighted by molar-refractivity contribution is -0.122. The van der Waals surface area contributed by atoms with Crippen LogP contribution in [0.4, 0.5) is 0 Å². The van der Waals surface area contributed by atoms with Crippen molar-refractivity contribution >= 4 is 5.91 Å². The van der Waals surface area contributed by atoms with Crippen molar-refractivity contribution in [2.45, 2.75) is 19.3 Å². The highest BCUT2D eigenvalue weighted by Crippen LogP contribution is 2.17. The molecule has 100 valence electrons. The summed E-state index contributed by atoms with van der Waals surface area (Å²) in [7, 11) is 0. The van der Waals surface area contributed by atoms with Crippen LogP contribution >= 0.6 is 0 Å². The van der Waals surface area contributed by atoms with Crippen molar-refractivity contribution < 1.29 is 9.53 Å². The molecular weight excluding hydrogens is 228 g/mol. The maximum Gasteiger partial charge on any atom is 0.243 e. The summed E-state index contributed by atoms with van der Waals surface area (Å²) >= 11 is 0. The van der Waals surface area contributed by atoms with Crippen LogP contribution in [0.1, 0.15) is 24.8 Å². The van der Waals surface area contributed by atoms with E-state index in [0.717, 1.165) is 19.5 Å². The summed E-state index contributed by atoms with van der Waals surface area (Å²) in [4.78, 5) is 10.4. The van der Waals surface area contributed by atoms with Crippen LogP contribution in [-0.2, 0) is 9.53 Å². The van der Waals surface area contributed by atoms with Crippen LogP contribution in [0, 0.1) is 0 Å². The summed E-state index contributed by atoms with van der Waals surface area (Å²) in [6, 6.07) is 10.5. The Balaban J connectivity index is 2.03. The molecule has 0 aliphatic carbocycles. The van der Waals surface area contributed by atoms with Crippen LogP contribution in [-0.4, -0.2) is 32.2 Å². The number of ether oxygens (including phenoxy) is 1. The Labute approximate surface area is 109 Å². The first kappa shape index (κ1) is 14.7. The van der Waals surface area contributed by atoms with Gasteiger partial charge < -0.3 is 15.8 Å². The lowest BCUT2D eigenvalue weighted by atomic mass is 9.98. The minimum atomic E-state index is -0.423. The smallest absolute Gasteiger partial charge is 0.243 e. The van der Waals surface area contributed by atoms with Crippen molar-refractivity contribution in [3.05, 3.63) is 35.9 Å². The van der Waals surface area contributed by atoms with Crippen molar-refractivity contribution in [1.82, 2.24) is 5.32 Å². The zero-order chi connectivity index (χ0) is 13.2. The number of nitrogens with one attached hydrogen (secondary N) is 1. The SMILES string of the molecule is CC(CCNCCOCC(N)=O)c1ccccc1. The molecule has 4 heteroatoms. The minimum Gasteiger partial charge on any atom is -0.370 e. The van der Waals surface area contributed by atoms with Gasteiger partial charge in [0.2, 0.25) is 5.91 Å². The van der Waals surface area contributed by atoms with E-state index in [1.165, 1.54) is 5.56 Å². The third-order valence-electron chi connectivity index (χ3n) is 2.79. The second-order valence-electron chi connectivity index (χ2n) is 4.37. The van der Waals surface area contributed by atoms with E-state index in [-0.39, 0.29) is 6.61 Å². The summed E-state index contributed by atoms with van der Waals surface area (Å²) in [6.07, 6.45) is 1.08. The van der Waals surface area contributed by atoms with E-state index in [2.05, 4.69) is 36.5 Å². The highest BCUT2D eigenvalue weighted by molar-refractivity contribution is 5.74. The molecule has 0 saturated carbocycles. The molecule has 0 aliphatic heterocycles. The third-order valence-corrected chi connectivity index (χ3v) is 2.79. The molecule has 1 aromatic carbocycles. The number of primary amides is 1. The Hall–Kier alpha value is -1.39. The minimum absolute atomic E-state index is 0.00208. The molecule has 0 saturated heterocycles. The fraction of sp³-hybridized carbons (Fsp3) is 0.500. The first-order valence-electron chi connectivity index (χ1n) is 6.32. The van der Waals surface area contributed by atoms with E-state index in [4.69, 9.17) is 10.5 Å². The van der Waals surface area contributed by atoms with E-state index >= 15 is 0 Å². The number of rotatable bonds is 9. The van der Waals surface area contributed by atoms with Gasteiger partial charge in [-0.15, -0.1) is 0 Å². The van der Waals surface area contributed by atoms with Gasteiger partial charge in [0.25, 0.3) is 0 Å². The van der Waals surface area contributed by atoms with Crippen molar-refractivity contribution in [3.8, 4) is 0 Å². The van der Waals surface area contributed by atoms with Crippen LogP contribution in [0.15, 0.2) is 30.3 Å². The van der Waals surface area contributed by atoms with Crippen molar-refractivity contribution in [2.75, 3.05) is 26.3 Å². The van der Waals surface area contributed by atoms with Crippen LogP contribution in [0.2, 0.25) is 0 Å². The van der Waals surface area contributed by atoms with Crippen molar-refractivity contribution in [1.29, 1.82) is 0 Å². The molecule has 1 unspecified atom stereocenters. The second-order valence-corrected chi connectivity index (χ2v) is 4.37. The van der Waals surface area contributed by atoms with E-state index in [9.17, 15) is 4.79 Å². The molecule has 4 nitrogen and oxygen atoms in total.